The lowest BCUT2D eigenvalue weighted by atomic mass is 10.0. The molecule has 0 spiro atoms. The average molecular weight is 594 g/mol. The normalized spacial score (nSPS) is 17.3. The van der Waals surface area contributed by atoms with Crippen molar-refractivity contribution >= 4 is 43.9 Å². The summed E-state index contributed by atoms with van der Waals surface area (Å²) in [5.41, 5.74) is -3.73. The van der Waals surface area contributed by atoms with Gasteiger partial charge in [-0.3, -0.25) is 14.3 Å². The number of nitrogens with one attached hydrogen (secondary N) is 1. The van der Waals surface area contributed by atoms with Crippen molar-refractivity contribution in [3.8, 4) is 0 Å². The molecule has 8 nitrogen and oxygen atoms in total. The van der Waals surface area contributed by atoms with Crippen molar-refractivity contribution in [3.05, 3.63) is 71.8 Å². The molecule has 0 bridgehead atoms. The number of likely N-dealkylation sites (tertiary alicyclic amines) is 1. The van der Waals surface area contributed by atoms with Crippen LogP contribution in [-0.2, 0) is 29.1 Å². The van der Waals surface area contributed by atoms with E-state index in [1.807, 2.05) is 0 Å². The first kappa shape index (κ1) is 28.6. The van der Waals surface area contributed by atoms with Gasteiger partial charge in [0, 0.05) is 18.1 Å². The number of aliphatic hydroxyl groups is 1. The molecule has 14 heteroatoms. The van der Waals surface area contributed by atoms with E-state index < -0.39 is 55.9 Å². The van der Waals surface area contributed by atoms with Gasteiger partial charge in [0.2, 0.25) is 0 Å². The van der Waals surface area contributed by atoms with Crippen molar-refractivity contribution in [2.75, 3.05) is 18.8 Å². The van der Waals surface area contributed by atoms with Crippen LogP contribution in [0.5, 0.6) is 0 Å². The Balaban J connectivity index is 1.89. The molecule has 1 aliphatic rings. The van der Waals surface area contributed by atoms with Gasteiger partial charge in [-0.2, -0.15) is 13.2 Å². The van der Waals surface area contributed by atoms with Crippen molar-refractivity contribution in [3.63, 3.8) is 0 Å². The lowest BCUT2D eigenvalue weighted by molar-refractivity contribution is -0.138. The molecule has 1 atom stereocenters. The predicted octanol–water partition coefficient (Wildman–Crippen LogP) is 3.81. The van der Waals surface area contributed by atoms with Crippen molar-refractivity contribution in [2.24, 2.45) is 0 Å². The summed E-state index contributed by atoms with van der Waals surface area (Å²) in [7, 11) is -3.77. The van der Waals surface area contributed by atoms with Crippen LogP contribution in [0.25, 0.3) is 10.9 Å². The Morgan fingerprint density at radius 1 is 1.16 bits per heavy atom. The van der Waals surface area contributed by atoms with Gasteiger partial charge in [0.15, 0.2) is 9.84 Å². The summed E-state index contributed by atoms with van der Waals surface area (Å²) in [6.07, 6.45) is -4.43. The van der Waals surface area contributed by atoms with E-state index in [0.29, 0.717) is 30.0 Å². The number of sulfone groups is 1. The van der Waals surface area contributed by atoms with Crippen LogP contribution < -0.4 is 11.2 Å². The zero-order chi connectivity index (χ0) is 28.0. The van der Waals surface area contributed by atoms with Crippen LogP contribution in [0.2, 0.25) is 10.0 Å². The van der Waals surface area contributed by atoms with E-state index in [2.05, 4.69) is 4.98 Å². The molecule has 1 fully saturated rings. The van der Waals surface area contributed by atoms with Crippen LogP contribution >= 0.6 is 23.2 Å². The third kappa shape index (κ3) is 5.64. The van der Waals surface area contributed by atoms with Gasteiger partial charge in [-0.1, -0.05) is 30.1 Å². The number of β-amino-alcohol motifs (C(OH)–C–C–N with tert-alkyl or cyclic N) is 1. The van der Waals surface area contributed by atoms with Gasteiger partial charge in [-0.25, -0.2) is 13.2 Å². The van der Waals surface area contributed by atoms with Crippen LogP contribution in [0.4, 0.5) is 13.2 Å². The third-order valence-electron chi connectivity index (χ3n) is 6.55. The molecule has 1 aliphatic heterocycles. The quantitative estimate of drug-likeness (QED) is 0.449. The molecular formula is C24H24Cl2F3N3O5S. The van der Waals surface area contributed by atoms with Crippen LogP contribution in [0.1, 0.15) is 36.5 Å². The van der Waals surface area contributed by atoms with Crippen molar-refractivity contribution in [1.29, 1.82) is 0 Å². The Morgan fingerprint density at radius 2 is 1.87 bits per heavy atom. The van der Waals surface area contributed by atoms with Gasteiger partial charge < -0.3 is 10.1 Å². The van der Waals surface area contributed by atoms with Crippen molar-refractivity contribution < 1.29 is 26.7 Å². The van der Waals surface area contributed by atoms with Crippen molar-refractivity contribution in [1.82, 2.24) is 14.5 Å². The van der Waals surface area contributed by atoms with Gasteiger partial charge >= 0.3 is 11.9 Å². The van der Waals surface area contributed by atoms with Crippen molar-refractivity contribution in [2.45, 2.75) is 50.0 Å². The number of aromatic amines is 1. The zero-order valence-electron chi connectivity index (χ0n) is 20.1. The lowest BCUT2D eigenvalue weighted by Crippen LogP contribution is -2.38. The van der Waals surface area contributed by atoms with Crippen LogP contribution in [0, 0.1) is 0 Å². The molecule has 0 saturated carbocycles. The number of aromatic nitrogens is 2. The number of piperidine rings is 1. The molecule has 0 radical (unpaired) electrons. The third-order valence-corrected chi connectivity index (χ3v) is 9.03. The highest BCUT2D eigenvalue weighted by Crippen LogP contribution is 2.39. The summed E-state index contributed by atoms with van der Waals surface area (Å²) in [4.78, 5) is 30.2. The van der Waals surface area contributed by atoms with Gasteiger partial charge in [-0.05, 0) is 54.8 Å². The summed E-state index contributed by atoms with van der Waals surface area (Å²) >= 11 is 12.4. The second-order valence-electron chi connectivity index (χ2n) is 9.15. The molecular weight excluding hydrogens is 570 g/mol. The molecule has 206 valence electrons. The number of H-pyrrole nitrogens is 1. The summed E-state index contributed by atoms with van der Waals surface area (Å²) in [6, 6.07) is 4.52. The van der Waals surface area contributed by atoms with Crippen LogP contribution in [0.3, 0.4) is 0 Å². The van der Waals surface area contributed by atoms with Crippen LogP contribution in [-0.4, -0.2) is 52.9 Å². The number of halogens is 5. The molecule has 0 amide bonds. The maximum absolute atomic E-state index is 14.1. The molecule has 3 aromatic rings. The van der Waals surface area contributed by atoms with Gasteiger partial charge in [-0.15, -0.1) is 0 Å². The minimum Gasteiger partial charge on any atom is -0.392 e. The summed E-state index contributed by atoms with van der Waals surface area (Å²) in [5.74, 6) is -0.258. The molecule has 1 unspecified atom stereocenters. The summed E-state index contributed by atoms with van der Waals surface area (Å²) in [5, 5.41) is 9.17. The Hall–Kier alpha value is -2.38. The topological polar surface area (TPSA) is 112 Å². The molecule has 0 aliphatic carbocycles. The standard InChI is InChI=1S/C24H24Cl2F3N3O5S/c1-2-38(36,37)19-6-5-14(25)8-13(19)10-32-22(34)16-9-18(24(27,28)29)17(20(26)21(16)30-23(32)35)12-31-7-3-4-15(33)11-31/h5-6,8-9,15,33H,2-4,7,10-12H2,1H3,(H,30,35). The summed E-state index contributed by atoms with van der Waals surface area (Å²) < 4.78 is 68.1. The Kier molecular flexibility index (Phi) is 8.02. The molecule has 2 aromatic carbocycles. The fourth-order valence-corrected chi connectivity index (χ4v) is 6.26. The number of hydrogen-bond acceptors (Lipinski definition) is 6. The predicted molar refractivity (Wildman–Crippen MR) is 138 cm³/mol. The molecule has 1 aromatic heterocycles. The first-order valence-electron chi connectivity index (χ1n) is 11.7. The van der Waals surface area contributed by atoms with E-state index in [1.54, 1.807) is 4.90 Å². The first-order valence-corrected chi connectivity index (χ1v) is 14.1. The first-order chi connectivity index (χ1) is 17.7. The maximum atomic E-state index is 14.1. The second-order valence-corrected chi connectivity index (χ2v) is 12.2. The smallest absolute Gasteiger partial charge is 0.392 e. The highest BCUT2D eigenvalue weighted by Gasteiger charge is 2.37. The lowest BCUT2D eigenvalue weighted by Gasteiger charge is -2.31. The van der Waals surface area contributed by atoms with E-state index in [1.165, 1.54) is 25.1 Å². The average Bonchev–Trinajstić information content (AvgIpc) is 2.83. The van der Waals surface area contributed by atoms with E-state index in [-0.39, 0.29) is 45.4 Å². The minimum atomic E-state index is -4.87. The van der Waals surface area contributed by atoms with Gasteiger partial charge in [0.1, 0.15) is 0 Å². The number of aliphatic hydroxyl groups excluding tert-OH is 1. The number of nitrogens with zero attached hydrogens (tertiary/aromatic N) is 2. The van der Waals surface area contributed by atoms with E-state index >= 15 is 0 Å². The van der Waals surface area contributed by atoms with E-state index in [4.69, 9.17) is 23.2 Å². The molecule has 4 rings (SSSR count). The molecule has 1 saturated heterocycles. The van der Waals surface area contributed by atoms with E-state index in [0.717, 1.165) is 0 Å². The van der Waals surface area contributed by atoms with Gasteiger partial charge in [0.25, 0.3) is 5.56 Å². The number of fused-ring (bicyclic) bond motifs is 1. The van der Waals surface area contributed by atoms with E-state index in [9.17, 15) is 36.3 Å². The number of rotatable bonds is 6. The highest BCUT2D eigenvalue weighted by atomic mass is 35.5. The SMILES string of the molecule is CCS(=O)(=O)c1ccc(Cl)cc1Cn1c(=O)[nH]c2c(Cl)c(CN3CCCC(O)C3)c(C(F)(F)F)cc2c1=O. The fourth-order valence-electron chi connectivity index (χ4n) is 4.64. The zero-order valence-corrected chi connectivity index (χ0v) is 22.4. The van der Waals surface area contributed by atoms with Crippen LogP contribution in [0.15, 0.2) is 38.8 Å². The Labute approximate surface area is 225 Å². The largest absolute Gasteiger partial charge is 0.416 e. The number of alkyl halides is 3. The molecule has 2 heterocycles. The monoisotopic (exact) mass is 593 g/mol. The Bertz CT molecular complexity index is 1620. The molecule has 38 heavy (non-hydrogen) atoms. The maximum Gasteiger partial charge on any atom is 0.416 e. The Morgan fingerprint density at radius 3 is 2.50 bits per heavy atom. The molecule has 2 N–H and O–H groups in total. The highest BCUT2D eigenvalue weighted by molar-refractivity contribution is 7.91. The number of hydrogen-bond donors (Lipinski definition) is 2. The van der Waals surface area contributed by atoms with Gasteiger partial charge in [0.05, 0.1) is 44.8 Å². The summed E-state index contributed by atoms with van der Waals surface area (Å²) in [6.45, 7) is 1.24. The second kappa shape index (κ2) is 10.6. The number of benzene rings is 2. The minimum absolute atomic E-state index is 0.0359. The fraction of sp³-hybridized carbons (Fsp3) is 0.417.